The molecule has 3 aromatic carbocycles. The van der Waals surface area contributed by atoms with Crippen molar-refractivity contribution >= 4 is 23.0 Å². The number of hydrogen-bond acceptors (Lipinski definition) is 4. The summed E-state index contributed by atoms with van der Waals surface area (Å²) in [6.45, 7) is 0.0878. The van der Waals surface area contributed by atoms with Crippen LogP contribution in [0.3, 0.4) is 0 Å². The van der Waals surface area contributed by atoms with Crippen molar-refractivity contribution in [1.82, 2.24) is 10.3 Å². The molecule has 0 saturated heterocycles. The van der Waals surface area contributed by atoms with Crippen LogP contribution in [0, 0.1) is 0 Å². The molecule has 0 aliphatic heterocycles. The van der Waals surface area contributed by atoms with E-state index in [0.717, 1.165) is 22.3 Å². The number of nitrogens with one attached hydrogen (secondary N) is 2. The van der Waals surface area contributed by atoms with Crippen LogP contribution in [0.5, 0.6) is 5.88 Å². The zero-order valence-corrected chi connectivity index (χ0v) is 17.6. The number of ether oxygens (including phenoxy) is 1. The average molecular weight is 442 g/mol. The fourth-order valence-electron chi connectivity index (χ4n) is 4.58. The van der Waals surface area contributed by atoms with Gasteiger partial charge in [-0.1, -0.05) is 66.7 Å². The Hall–Kier alpha value is -4.26. The number of H-pyrrole nitrogens is 1. The molecular weight excluding hydrogens is 420 g/mol. The Balaban J connectivity index is 1.30. The van der Waals surface area contributed by atoms with Crippen LogP contribution in [0.2, 0.25) is 0 Å². The number of aromatic nitrogens is 1. The molecule has 0 radical (unpaired) electrons. The summed E-state index contributed by atoms with van der Waals surface area (Å²) in [5, 5.41) is 23.0. The molecule has 1 heterocycles. The number of rotatable bonds is 6. The first-order valence-corrected chi connectivity index (χ1v) is 10.7. The molecule has 1 aromatic heterocycles. The predicted molar refractivity (Wildman–Crippen MR) is 123 cm³/mol. The van der Waals surface area contributed by atoms with E-state index in [1.165, 1.54) is 0 Å². The lowest BCUT2D eigenvalue weighted by Gasteiger charge is -2.17. The Morgan fingerprint density at radius 2 is 1.55 bits per heavy atom. The summed E-state index contributed by atoms with van der Waals surface area (Å²) in [6, 6.07) is 21.9. The van der Waals surface area contributed by atoms with Gasteiger partial charge in [-0.3, -0.25) is 0 Å². The van der Waals surface area contributed by atoms with Gasteiger partial charge in [-0.25, -0.2) is 9.59 Å². The van der Waals surface area contributed by atoms with Crippen LogP contribution in [-0.2, 0) is 16.0 Å². The second-order valence-electron chi connectivity index (χ2n) is 8.06. The van der Waals surface area contributed by atoms with Gasteiger partial charge in [0.15, 0.2) is 5.88 Å². The molecular formula is C26H22N2O5. The Kier molecular flexibility index (Phi) is 5.22. The summed E-state index contributed by atoms with van der Waals surface area (Å²) in [6.07, 6.45) is -0.904. The van der Waals surface area contributed by atoms with Crippen LogP contribution in [0.25, 0.3) is 22.0 Å². The van der Waals surface area contributed by atoms with Crippen molar-refractivity contribution in [3.8, 4) is 17.0 Å². The quantitative estimate of drug-likeness (QED) is 0.353. The van der Waals surface area contributed by atoms with Gasteiger partial charge in [0.1, 0.15) is 12.6 Å². The standard InChI is InChI=1S/C26H22N2O5/c29-24-20(19-11-5-6-12-22(19)27-24)13-23(25(30)31)28-26(32)33-14-21-17-9-3-1-7-15(17)16-8-2-4-10-18(16)21/h1-12,21,23,27,29H,13-14H2,(H,28,32)(H,30,31)/t23-/m0/s1. The monoisotopic (exact) mass is 442 g/mol. The molecule has 1 aliphatic carbocycles. The topological polar surface area (TPSA) is 112 Å². The second kappa shape index (κ2) is 8.35. The summed E-state index contributed by atoms with van der Waals surface area (Å²) in [5.41, 5.74) is 5.49. The third-order valence-electron chi connectivity index (χ3n) is 6.13. The fourth-order valence-corrected chi connectivity index (χ4v) is 4.58. The van der Waals surface area contributed by atoms with Crippen molar-refractivity contribution < 1.29 is 24.5 Å². The minimum Gasteiger partial charge on any atom is -0.494 e. The number of aromatic amines is 1. The van der Waals surface area contributed by atoms with Crippen LogP contribution in [0.15, 0.2) is 72.8 Å². The van der Waals surface area contributed by atoms with Crippen molar-refractivity contribution in [2.45, 2.75) is 18.4 Å². The highest BCUT2D eigenvalue weighted by molar-refractivity contribution is 5.87. The summed E-state index contributed by atoms with van der Waals surface area (Å²) in [5.74, 6) is -1.45. The van der Waals surface area contributed by atoms with Crippen LogP contribution < -0.4 is 5.32 Å². The van der Waals surface area contributed by atoms with E-state index < -0.39 is 18.1 Å². The molecule has 33 heavy (non-hydrogen) atoms. The van der Waals surface area contributed by atoms with Crippen LogP contribution in [-0.4, -0.2) is 39.9 Å². The Morgan fingerprint density at radius 3 is 2.21 bits per heavy atom. The van der Waals surface area contributed by atoms with Crippen molar-refractivity contribution in [1.29, 1.82) is 0 Å². The van der Waals surface area contributed by atoms with Crippen LogP contribution in [0.4, 0.5) is 4.79 Å². The smallest absolute Gasteiger partial charge is 0.407 e. The van der Waals surface area contributed by atoms with E-state index in [0.29, 0.717) is 16.5 Å². The number of aliphatic carboxylic acids is 1. The largest absolute Gasteiger partial charge is 0.494 e. The van der Waals surface area contributed by atoms with Crippen LogP contribution >= 0.6 is 0 Å². The molecule has 7 heteroatoms. The lowest BCUT2D eigenvalue weighted by Crippen LogP contribution is -2.42. The molecule has 0 bridgehead atoms. The van der Waals surface area contributed by atoms with Gasteiger partial charge in [0.25, 0.3) is 0 Å². The van der Waals surface area contributed by atoms with Crippen LogP contribution in [0.1, 0.15) is 22.6 Å². The van der Waals surface area contributed by atoms with Gasteiger partial charge < -0.3 is 25.3 Å². The fraction of sp³-hybridized carbons (Fsp3) is 0.154. The van der Waals surface area contributed by atoms with Gasteiger partial charge in [-0.15, -0.1) is 0 Å². The number of fused-ring (bicyclic) bond motifs is 4. The zero-order chi connectivity index (χ0) is 22.9. The molecule has 0 fully saturated rings. The maximum absolute atomic E-state index is 12.5. The Bertz CT molecular complexity index is 1310. The molecule has 5 rings (SSSR count). The molecule has 0 spiro atoms. The highest BCUT2D eigenvalue weighted by Gasteiger charge is 2.30. The van der Waals surface area contributed by atoms with Crippen molar-refractivity contribution in [2.24, 2.45) is 0 Å². The molecule has 0 saturated carbocycles. The molecule has 1 aliphatic rings. The molecule has 0 unspecified atom stereocenters. The number of carboxylic acid groups (broad SMARTS) is 1. The SMILES string of the molecule is O=C(N[C@@H](Cc1c(O)[nH]c2ccccc12)C(=O)O)OCC1c2ccccc2-c2ccccc21. The van der Waals surface area contributed by atoms with Crippen molar-refractivity contribution in [3.63, 3.8) is 0 Å². The molecule has 4 N–H and O–H groups in total. The number of para-hydroxylation sites is 1. The summed E-state index contributed by atoms with van der Waals surface area (Å²) in [7, 11) is 0. The molecule has 4 aromatic rings. The Labute approximate surface area is 189 Å². The number of hydrogen-bond donors (Lipinski definition) is 4. The normalized spacial score (nSPS) is 13.3. The molecule has 7 nitrogen and oxygen atoms in total. The van der Waals surface area contributed by atoms with E-state index in [1.807, 2.05) is 54.6 Å². The third kappa shape index (κ3) is 3.78. The third-order valence-corrected chi connectivity index (χ3v) is 6.13. The van der Waals surface area contributed by atoms with Gasteiger partial charge in [0, 0.05) is 28.8 Å². The van der Waals surface area contributed by atoms with Crippen molar-refractivity contribution in [3.05, 3.63) is 89.5 Å². The summed E-state index contributed by atoms with van der Waals surface area (Å²) >= 11 is 0. The van der Waals surface area contributed by atoms with E-state index in [-0.39, 0.29) is 24.8 Å². The summed E-state index contributed by atoms with van der Waals surface area (Å²) < 4.78 is 5.47. The van der Waals surface area contributed by atoms with E-state index in [2.05, 4.69) is 10.3 Å². The van der Waals surface area contributed by atoms with Gasteiger partial charge in [0.2, 0.25) is 0 Å². The lowest BCUT2D eigenvalue weighted by atomic mass is 9.98. The number of carbonyl (C=O) groups excluding carboxylic acids is 1. The van der Waals surface area contributed by atoms with E-state index in [9.17, 15) is 19.8 Å². The van der Waals surface area contributed by atoms with E-state index >= 15 is 0 Å². The number of aromatic hydroxyl groups is 1. The number of alkyl carbamates (subject to hydrolysis) is 1. The first-order chi connectivity index (χ1) is 16.0. The molecule has 1 amide bonds. The van der Waals surface area contributed by atoms with E-state index in [4.69, 9.17) is 4.74 Å². The number of carboxylic acids is 1. The Morgan fingerprint density at radius 1 is 0.939 bits per heavy atom. The summed E-state index contributed by atoms with van der Waals surface area (Å²) in [4.78, 5) is 27.2. The minimum absolute atomic E-state index is 0.0878. The number of amides is 1. The molecule has 1 atom stereocenters. The first kappa shape index (κ1) is 20.6. The number of carbonyl (C=O) groups is 2. The van der Waals surface area contributed by atoms with Gasteiger partial charge in [-0.2, -0.15) is 0 Å². The minimum atomic E-state index is -1.26. The lowest BCUT2D eigenvalue weighted by molar-refractivity contribution is -0.139. The van der Waals surface area contributed by atoms with E-state index in [1.54, 1.807) is 18.2 Å². The highest BCUT2D eigenvalue weighted by Crippen LogP contribution is 2.44. The zero-order valence-electron chi connectivity index (χ0n) is 17.6. The van der Waals surface area contributed by atoms with Gasteiger partial charge in [0.05, 0.1) is 0 Å². The predicted octanol–water partition coefficient (Wildman–Crippen LogP) is 4.41. The molecule has 166 valence electrons. The van der Waals surface area contributed by atoms with Crippen molar-refractivity contribution in [2.75, 3.05) is 6.61 Å². The maximum atomic E-state index is 12.5. The first-order valence-electron chi connectivity index (χ1n) is 10.7. The highest BCUT2D eigenvalue weighted by atomic mass is 16.5. The second-order valence-corrected chi connectivity index (χ2v) is 8.06. The average Bonchev–Trinajstić information content (AvgIpc) is 3.31. The number of benzene rings is 3. The van der Waals surface area contributed by atoms with Gasteiger partial charge in [-0.05, 0) is 28.3 Å². The van der Waals surface area contributed by atoms with Gasteiger partial charge >= 0.3 is 12.1 Å². The maximum Gasteiger partial charge on any atom is 0.407 e.